The van der Waals surface area contributed by atoms with Gasteiger partial charge in [0, 0.05) is 47.8 Å². The summed E-state index contributed by atoms with van der Waals surface area (Å²) in [7, 11) is 7.51. The molecule has 4 aromatic rings. The topological polar surface area (TPSA) is 99.3 Å². The number of rotatable bonds is 13. The summed E-state index contributed by atoms with van der Waals surface area (Å²) in [4.78, 5) is 4.81. The Labute approximate surface area is 250 Å². The molecule has 0 spiro atoms. The zero-order valence-electron chi connectivity index (χ0n) is 24.4. The number of azo groups is 2. The number of aromatic nitrogens is 6. The van der Waals surface area contributed by atoms with E-state index < -0.39 is 0 Å². The molecule has 4 rings (SSSR count). The van der Waals surface area contributed by atoms with E-state index in [-0.39, 0.29) is 14.9 Å². The second kappa shape index (κ2) is 16.1. The number of hydrogen-bond acceptors (Lipinski definition) is 8. The number of hydrogen-bond donors (Lipinski definition) is 0. The van der Waals surface area contributed by atoms with Crippen LogP contribution >= 0.6 is 0 Å². The van der Waals surface area contributed by atoms with Gasteiger partial charge in [-0.15, -0.1) is 9.36 Å². The monoisotopic (exact) mass is 576 g/mol. The minimum atomic E-state index is 0. The number of nitrogens with zero attached hydrogens (tertiary/aromatic N) is 12. The molecule has 0 bridgehead atoms. The van der Waals surface area contributed by atoms with Crippen molar-refractivity contribution in [2.24, 2.45) is 48.6 Å². The molecule has 42 heavy (non-hydrogen) atoms. The van der Waals surface area contributed by atoms with E-state index in [2.05, 4.69) is 78.6 Å². The molecule has 0 aliphatic heterocycles. The Morgan fingerprint density at radius 2 is 0.976 bits per heavy atom. The van der Waals surface area contributed by atoms with Crippen LogP contribution in [0.1, 0.15) is 41.5 Å². The summed E-state index contributed by atoms with van der Waals surface area (Å²) in [6, 6.07) is 16.5. The van der Waals surface area contributed by atoms with Crippen molar-refractivity contribution in [3.63, 3.8) is 0 Å². The van der Waals surface area contributed by atoms with E-state index in [0.717, 1.165) is 50.4 Å². The van der Waals surface area contributed by atoms with E-state index in [4.69, 9.17) is 0 Å². The molecular weight excluding hydrogens is 528 g/mol. The lowest BCUT2D eigenvalue weighted by Gasteiger charge is -2.26. The summed E-state index contributed by atoms with van der Waals surface area (Å²) < 4.78 is 7.07. The van der Waals surface area contributed by atoms with Gasteiger partial charge in [-0.25, -0.2) is 9.13 Å². The van der Waals surface area contributed by atoms with Crippen molar-refractivity contribution in [1.82, 2.24) is 19.6 Å². The molecule has 0 atom stereocenters. The Bertz CT molecular complexity index is 1270. The average Bonchev–Trinajstić information content (AvgIpc) is 3.47. The predicted molar refractivity (Wildman–Crippen MR) is 168 cm³/mol. The summed E-state index contributed by atoms with van der Waals surface area (Å²) in [5.74, 6) is 1.38. The van der Waals surface area contributed by atoms with Gasteiger partial charge in [0.1, 0.15) is 0 Å². The zero-order chi connectivity index (χ0) is 28.5. The summed E-state index contributed by atoms with van der Waals surface area (Å²) >= 11 is 0. The Morgan fingerprint density at radius 1 is 0.619 bits per heavy atom. The molecule has 0 radical (unpaired) electrons. The first kappa shape index (κ1) is 33.7. The average molecular weight is 577 g/mol. The van der Waals surface area contributed by atoms with Crippen LogP contribution in [0.25, 0.3) is 0 Å². The molecule has 0 unspecified atom stereocenters. The van der Waals surface area contributed by atoms with Crippen LogP contribution in [0.15, 0.2) is 81.6 Å². The summed E-state index contributed by atoms with van der Waals surface area (Å²) in [5.41, 5.74) is 4.03. The van der Waals surface area contributed by atoms with E-state index in [1.54, 1.807) is 22.0 Å². The summed E-state index contributed by atoms with van der Waals surface area (Å²) in [6.07, 6.45) is 5.64. The largest absolute Gasteiger partial charge is 0.403 e. The molecule has 0 saturated heterocycles. The van der Waals surface area contributed by atoms with E-state index in [0.29, 0.717) is 11.9 Å². The van der Waals surface area contributed by atoms with Crippen molar-refractivity contribution < 1.29 is 9.13 Å². The molecule has 12 heteroatoms. The molecule has 0 saturated carbocycles. The van der Waals surface area contributed by atoms with Gasteiger partial charge in [-0.3, -0.25) is 0 Å². The van der Waals surface area contributed by atoms with E-state index >= 15 is 0 Å². The lowest BCUT2D eigenvalue weighted by atomic mass is 10.2. The van der Waals surface area contributed by atoms with Crippen LogP contribution in [0.5, 0.6) is 0 Å². The molecule has 0 amide bonds. The molecule has 226 valence electrons. The molecule has 0 aliphatic carbocycles. The first-order valence-corrected chi connectivity index (χ1v) is 13.7. The molecule has 2 aromatic carbocycles. The first-order chi connectivity index (χ1) is 19.4. The number of anilines is 2. The number of aryl methyl sites for hydroxylation is 4. The van der Waals surface area contributed by atoms with Crippen molar-refractivity contribution in [2.45, 2.75) is 41.5 Å². The molecule has 0 aliphatic rings. The van der Waals surface area contributed by atoms with Gasteiger partial charge in [-0.1, -0.05) is 25.1 Å². The Hall–Kier alpha value is -4.48. The fraction of sp³-hybridized carbons (Fsp3) is 0.467. The fourth-order valence-electron chi connectivity index (χ4n) is 4.45. The van der Waals surface area contributed by atoms with Gasteiger partial charge in [0.2, 0.25) is 12.7 Å². The van der Waals surface area contributed by atoms with Gasteiger partial charge in [-0.2, -0.15) is 0 Å². The zero-order valence-corrected chi connectivity index (χ0v) is 24.4. The molecular formula is C30H48N12+2. The quantitative estimate of drug-likeness (QED) is 0.110. The fourth-order valence-corrected chi connectivity index (χ4v) is 4.45. The Kier molecular flexibility index (Phi) is 12.9. The third-order valence-corrected chi connectivity index (χ3v) is 6.81. The van der Waals surface area contributed by atoms with E-state index in [1.165, 1.54) is 11.4 Å². The third-order valence-electron chi connectivity index (χ3n) is 6.81. The predicted octanol–water partition coefficient (Wildman–Crippen LogP) is 6.04. The maximum Gasteiger partial charge on any atom is 0.403 e. The van der Waals surface area contributed by atoms with Gasteiger partial charge in [-0.05, 0) is 85.4 Å². The summed E-state index contributed by atoms with van der Waals surface area (Å²) in [6.45, 7) is 8.31. The lowest BCUT2D eigenvalue weighted by Crippen LogP contribution is -2.27. The van der Waals surface area contributed by atoms with Crippen molar-refractivity contribution in [3.8, 4) is 0 Å². The third kappa shape index (κ3) is 8.51. The smallest absolute Gasteiger partial charge is 0.372 e. The standard InChI is InChI=1S/C28H40N12.2CH4/c1-7-39(25-15-11-23(12-16-25)31-33-27-35(3)21-29-37(27)5)19-9-10-20-40(8-2)26-17-13-24(14-18-26)32-34-28-36(4)22-30-38(28)6;;/h11-18,21-22H,7-10,19-20H2,1-6H3;2*1H4/q+2;;. The Morgan fingerprint density at radius 3 is 1.26 bits per heavy atom. The van der Waals surface area contributed by atoms with Gasteiger partial charge in [0.25, 0.3) is 0 Å². The van der Waals surface area contributed by atoms with Crippen molar-refractivity contribution in [1.29, 1.82) is 0 Å². The summed E-state index contributed by atoms with van der Waals surface area (Å²) in [5, 5.41) is 25.7. The molecule has 0 N–H and O–H groups in total. The normalized spacial score (nSPS) is 11.1. The maximum absolute atomic E-state index is 4.37. The van der Waals surface area contributed by atoms with Crippen molar-refractivity contribution in [2.75, 3.05) is 36.0 Å². The van der Waals surface area contributed by atoms with Crippen LogP contribution < -0.4 is 18.9 Å². The van der Waals surface area contributed by atoms with Crippen LogP contribution in [0.2, 0.25) is 0 Å². The highest BCUT2D eigenvalue weighted by Gasteiger charge is 2.13. The van der Waals surface area contributed by atoms with Gasteiger partial charge < -0.3 is 9.80 Å². The van der Waals surface area contributed by atoms with Crippen LogP contribution in [-0.4, -0.2) is 45.7 Å². The molecule has 2 heterocycles. The van der Waals surface area contributed by atoms with Gasteiger partial charge >= 0.3 is 11.9 Å². The maximum atomic E-state index is 4.37. The lowest BCUT2D eigenvalue weighted by molar-refractivity contribution is -0.659. The van der Waals surface area contributed by atoms with E-state index in [9.17, 15) is 0 Å². The van der Waals surface area contributed by atoms with Crippen molar-refractivity contribution in [3.05, 3.63) is 61.2 Å². The highest BCUT2D eigenvalue weighted by Crippen LogP contribution is 2.23. The first-order valence-electron chi connectivity index (χ1n) is 13.7. The minimum absolute atomic E-state index is 0. The molecule has 2 aromatic heterocycles. The minimum Gasteiger partial charge on any atom is -0.372 e. The highest BCUT2D eigenvalue weighted by atomic mass is 15.4. The van der Waals surface area contributed by atoms with Crippen LogP contribution in [0.4, 0.5) is 34.6 Å². The Balaban J connectivity index is 0.00000308. The van der Waals surface area contributed by atoms with Crippen LogP contribution in [-0.2, 0) is 28.2 Å². The number of unbranched alkanes of at least 4 members (excludes halogenated alkanes) is 1. The van der Waals surface area contributed by atoms with E-state index in [1.807, 2.05) is 61.6 Å². The SMILES string of the molecule is C.C.CCN(CCCCN(CC)c1ccc(N=Nc2n(C)nc[n+]2C)cc1)c1ccc(N=Nc2n(C)nc[n+]2C)cc1. The highest BCUT2D eigenvalue weighted by molar-refractivity contribution is 5.53. The van der Waals surface area contributed by atoms with Gasteiger partial charge in [0.05, 0.1) is 39.6 Å². The second-order valence-corrected chi connectivity index (χ2v) is 9.63. The van der Waals surface area contributed by atoms with Crippen molar-refractivity contribution >= 4 is 34.6 Å². The van der Waals surface area contributed by atoms with Crippen LogP contribution in [0.3, 0.4) is 0 Å². The molecule has 12 nitrogen and oxygen atoms in total. The van der Waals surface area contributed by atoms with Crippen LogP contribution in [0, 0.1) is 0 Å². The molecule has 0 fully saturated rings. The number of benzene rings is 2. The van der Waals surface area contributed by atoms with Gasteiger partial charge in [0.15, 0.2) is 0 Å². The second-order valence-electron chi connectivity index (χ2n) is 9.63.